The minimum absolute atomic E-state index is 0.150. The van der Waals surface area contributed by atoms with Gasteiger partial charge in [-0.2, -0.15) is 0 Å². The third kappa shape index (κ3) is 2.12. The Balaban J connectivity index is 2.33. The summed E-state index contributed by atoms with van der Waals surface area (Å²) in [6, 6.07) is 10.5. The average molecular weight is 282 g/mol. The molecule has 0 saturated carbocycles. The molecule has 0 aliphatic carbocycles. The minimum atomic E-state index is -1.02. The molecular formula is C16H14N2O3. The number of H-pyrrole nitrogens is 1. The Hall–Kier alpha value is -2.82. The maximum atomic E-state index is 12.2. The van der Waals surface area contributed by atoms with Crippen LogP contribution < -0.4 is 5.69 Å². The first-order chi connectivity index (χ1) is 9.97. The van der Waals surface area contributed by atoms with Crippen molar-refractivity contribution in [3.8, 4) is 5.69 Å². The molecule has 3 aromatic rings. The van der Waals surface area contributed by atoms with Gasteiger partial charge in [-0.05, 0) is 49.2 Å². The van der Waals surface area contributed by atoms with Crippen LogP contribution in [-0.2, 0) is 0 Å². The standard InChI is InChI=1S/C16H14N2O3/c1-9-3-4-10(2)14(7-9)18-13-6-5-11(15(19)20)8-12(13)17-16(18)21/h3-8H,1-2H3,(H,17,21)(H,19,20). The van der Waals surface area contributed by atoms with Gasteiger partial charge in [0.25, 0.3) is 0 Å². The largest absolute Gasteiger partial charge is 0.478 e. The molecule has 2 N–H and O–H groups in total. The van der Waals surface area contributed by atoms with Crippen molar-refractivity contribution in [2.24, 2.45) is 0 Å². The van der Waals surface area contributed by atoms with E-state index in [1.807, 2.05) is 32.0 Å². The lowest BCUT2D eigenvalue weighted by Crippen LogP contribution is -2.15. The van der Waals surface area contributed by atoms with E-state index < -0.39 is 5.97 Å². The molecule has 1 heterocycles. The Morgan fingerprint density at radius 3 is 2.62 bits per heavy atom. The van der Waals surface area contributed by atoms with Crippen molar-refractivity contribution in [1.82, 2.24) is 9.55 Å². The van der Waals surface area contributed by atoms with E-state index in [0.29, 0.717) is 11.0 Å². The number of aryl methyl sites for hydroxylation is 2. The van der Waals surface area contributed by atoms with Crippen molar-refractivity contribution in [2.45, 2.75) is 13.8 Å². The first kappa shape index (κ1) is 13.2. The molecule has 0 atom stereocenters. The number of carbonyl (C=O) groups is 1. The van der Waals surface area contributed by atoms with Crippen molar-refractivity contribution in [3.63, 3.8) is 0 Å². The van der Waals surface area contributed by atoms with Crippen molar-refractivity contribution in [1.29, 1.82) is 0 Å². The van der Waals surface area contributed by atoms with E-state index >= 15 is 0 Å². The summed E-state index contributed by atoms with van der Waals surface area (Å²) in [7, 11) is 0. The number of hydrogen-bond donors (Lipinski definition) is 2. The Morgan fingerprint density at radius 1 is 1.14 bits per heavy atom. The van der Waals surface area contributed by atoms with Gasteiger partial charge in [-0.1, -0.05) is 12.1 Å². The second kappa shape index (κ2) is 4.63. The first-order valence-corrected chi connectivity index (χ1v) is 6.53. The van der Waals surface area contributed by atoms with Crippen LogP contribution in [-0.4, -0.2) is 20.6 Å². The van der Waals surface area contributed by atoms with E-state index in [4.69, 9.17) is 5.11 Å². The molecule has 0 saturated heterocycles. The van der Waals surface area contributed by atoms with Gasteiger partial charge in [-0.25, -0.2) is 9.59 Å². The van der Waals surface area contributed by atoms with Crippen molar-refractivity contribution >= 4 is 17.0 Å². The van der Waals surface area contributed by atoms with Crippen LogP contribution in [0.3, 0.4) is 0 Å². The fraction of sp³-hybridized carbons (Fsp3) is 0.125. The molecule has 0 fully saturated rings. The number of nitrogens with one attached hydrogen (secondary N) is 1. The number of aromatic amines is 1. The lowest BCUT2D eigenvalue weighted by Gasteiger charge is -2.08. The van der Waals surface area contributed by atoms with Crippen molar-refractivity contribution in [3.05, 3.63) is 63.6 Å². The van der Waals surface area contributed by atoms with Gasteiger partial charge in [-0.15, -0.1) is 0 Å². The fourth-order valence-corrected chi connectivity index (χ4v) is 2.44. The van der Waals surface area contributed by atoms with E-state index in [2.05, 4.69) is 4.98 Å². The number of benzene rings is 2. The Bertz CT molecular complexity index is 919. The van der Waals surface area contributed by atoms with Crippen LogP contribution in [0.25, 0.3) is 16.7 Å². The van der Waals surface area contributed by atoms with E-state index in [1.54, 1.807) is 10.6 Å². The summed E-state index contributed by atoms with van der Waals surface area (Å²) in [4.78, 5) is 26.0. The normalized spacial score (nSPS) is 11.0. The first-order valence-electron chi connectivity index (χ1n) is 6.53. The SMILES string of the molecule is Cc1ccc(C)c(-n2c(=O)[nH]c3cc(C(=O)O)ccc32)c1. The topological polar surface area (TPSA) is 75.1 Å². The number of fused-ring (bicyclic) bond motifs is 1. The summed E-state index contributed by atoms with van der Waals surface area (Å²) in [6.07, 6.45) is 0. The highest BCUT2D eigenvalue weighted by atomic mass is 16.4. The molecule has 0 unspecified atom stereocenters. The molecule has 0 amide bonds. The third-order valence-corrected chi connectivity index (χ3v) is 3.53. The van der Waals surface area contributed by atoms with Gasteiger partial charge in [0, 0.05) is 0 Å². The molecule has 0 aliphatic rings. The highest BCUT2D eigenvalue weighted by Crippen LogP contribution is 2.20. The Labute approximate surface area is 120 Å². The molecule has 3 rings (SSSR count). The van der Waals surface area contributed by atoms with E-state index in [0.717, 1.165) is 16.8 Å². The van der Waals surface area contributed by atoms with E-state index in [9.17, 15) is 9.59 Å². The molecule has 5 heteroatoms. The number of hydrogen-bond acceptors (Lipinski definition) is 2. The zero-order chi connectivity index (χ0) is 15.1. The second-order valence-electron chi connectivity index (χ2n) is 5.09. The van der Waals surface area contributed by atoms with Gasteiger partial charge >= 0.3 is 11.7 Å². The number of carboxylic acid groups (broad SMARTS) is 1. The molecule has 21 heavy (non-hydrogen) atoms. The van der Waals surface area contributed by atoms with Crippen LogP contribution in [0.1, 0.15) is 21.5 Å². The molecule has 0 spiro atoms. The molecule has 2 aromatic carbocycles. The predicted molar refractivity (Wildman–Crippen MR) is 80.3 cm³/mol. The molecule has 5 nitrogen and oxygen atoms in total. The minimum Gasteiger partial charge on any atom is -0.478 e. The maximum Gasteiger partial charge on any atom is 0.335 e. The van der Waals surface area contributed by atoms with Gasteiger partial charge in [0.15, 0.2) is 0 Å². The molecule has 0 bridgehead atoms. The summed E-state index contributed by atoms with van der Waals surface area (Å²) in [5.74, 6) is -1.02. The van der Waals surface area contributed by atoms with Gasteiger partial charge in [0.2, 0.25) is 0 Å². The summed E-state index contributed by atoms with van der Waals surface area (Å²) in [6.45, 7) is 3.90. The fourth-order valence-electron chi connectivity index (χ4n) is 2.44. The highest BCUT2D eigenvalue weighted by molar-refractivity contribution is 5.92. The molecule has 1 aromatic heterocycles. The lowest BCUT2D eigenvalue weighted by atomic mass is 10.1. The average Bonchev–Trinajstić information content (AvgIpc) is 2.76. The van der Waals surface area contributed by atoms with Gasteiger partial charge in [-0.3, -0.25) is 4.57 Å². The number of imidazole rings is 1. The van der Waals surface area contributed by atoms with Crippen LogP contribution in [0.4, 0.5) is 0 Å². The zero-order valence-electron chi connectivity index (χ0n) is 11.7. The lowest BCUT2D eigenvalue weighted by molar-refractivity contribution is 0.0697. The molecule has 0 aliphatic heterocycles. The highest BCUT2D eigenvalue weighted by Gasteiger charge is 2.13. The monoisotopic (exact) mass is 282 g/mol. The molecular weight excluding hydrogens is 268 g/mol. The molecule has 106 valence electrons. The van der Waals surface area contributed by atoms with E-state index in [1.165, 1.54) is 12.1 Å². The number of rotatable bonds is 2. The smallest absolute Gasteiger partial charge is 0.335 e. The van der Waals surface area contributed by atoms with Crippen LogP contribution in [0, 0.1) is 13.8 Å². The Morgan fingerprint density at radius 2 is 1.90 bits per heavy atom. The van der Waals surface area contributed by atoms with Gasteiger partial charge in [0.05, 0.1) is 22.3 Å². The van der Waals surface area contributed by atoms with Gasteiger partial charge in [0.1, 0.15) is 0 Å². The second-order valence-corrected chi connectivity index (χ2v) is 5.09. The number of aromatic carboxylic acids is 1. The summed E-state index contributed by atoms with van der Waals surface area (Å²) in [5.41, 5.74) is 3.89. The van der Waals surface area contributed by atoms with Crippen molar-refractivity contribution in [2.75, 3.05) is 0 Å². The molecule has 0 radical (unpaired) electrons. The Kier molecular flexibility index (Phi) is 2.90. The number of carboxylic acids is 1. The number of nitrogens with zero attached hydrogens (tertiary/aromatic N) is 1. The third-order valence-electron chi connectivity index (χ3n) is 3.53. The van der Waals surface area contributed by atoms with Gasteiger partial charge < -0.3 is 10.1 Å². The van der Waals surface area contributed by atoms with Crippen LogP contribution >= 0.6 is 0 Å². The van der Waals surface area contributed by atoms with Crippen molar-refractivity contribution < 1.29 is 9.90 Å². The van der Waals surface area contributed by atoms with Crippen LogP contribution in [0.2, 0.25) is 0 Å². The quantitative estimate of drug-likeness (QED) is 0.758. The van der Waals surface area contributed by atoms with E-state index in [-0.39, 0.29) is 11.3 Å². The summed E-state index contributed by atoms with van der Waals surface area (Å²) in [5, 5.41) is 9.02. The summed E-state index contributed by atoms with van der Waals surface area (Å²) >= 11 is 0. The maximum absolute atomic E-state index is 12.2. The predicted octanol–water partition coefficient (Wildman–Crippen LogP) is 2.63. The zero-order valence-corrected chi connectivity index (χ0v) is 11.7. The number of aromatic nitrogens is 2. The summed E-state index contributed by atoms with van der Waals surface area (Å²) < 4.78 is 1.57. The van der Waals surface area contributed by atoms with Crippen LogP contribution in [0.15, 0.2) is 41.2 Å². The van der Waals surface area contributed by atoms with Crippen LogP contribution in [0.5, 0.6) is 0 Å².